The SMILES string of the molecule is O=C1C(Cl)=C(Cl)C(=O)c2[nH]c(-c3cc(F)c(F)c(F)c3)nc21. The van der Waals surface area contributed by atoms with Crippen molar-refractivity contribution in [2.75, 3.05) is 0 Å². The maximum atomic E-state index is 13.2. The number of Topliss-reactive ketones (excluding diaryl/α,β-unsaturated/α-hetero) is 2. The number of imidazole rings is 1. The molecule has 1 heterocycles. The average Bonchev–Trinajstić information content (AvgIpc) is 2.93. The fourth-order valence-electron chi connectivity index (χ4n) is 1.94. The van der Waals surface area contributed by atoms with Crippen molar-refractivity contribution < 1.29 is 22.8 Å². The van der Waals surface area contributed by atoms with E-state index in [0.717, 1.165) is 0 Å². The average molecular weight is 347 g/mol. The summed E-state index contributed by atoms with van der Waals surface area (Å²) < 4.78 is 39.4. The fraction of sp³-hybridized carbons (Fsp3) is 0. The summed E-state index contributed by atoms with van der Waals surface area (Å²) in [4.78, 5) is 30.0. The number of fused-ring (bicyclic) bond motifs is 1. The standard InChI is InChI=1S/C13H3Cl2F3N2O2/c14-6-7(15)12(22)10-9(11(6)21)19-13(20-10)3-1-4(16)8(18)5(17)2-3/h1-2H,(H,19,20). The minimum Gasteiger partial charge on any atom is -0.335 e. The van der Waals surface area contributed by atoms with Gasteiger partial charge in [0.2, 0.25) is 11.6 Å². The smallest absolute Gasteiger partial charge is 0.226 e. The van der Waals surface area contributed by atoms with Crippen LogP contribution in [-0.2, 0) is 0 Å². The molecule has 0 atom stereocenters. The van der Waals surface area contributed by atoms with Crippen LogP contribution in [0.25, 0.3) is 11.4 Å². The van der Waals surface area contributed by atoms with E-state index in [2.05, 4.69) is 9.97 Å². The zero-order valence-electron chi connectivity index (χ0n) is 10.3. The molecule has 0 unspecified atom stereocenters. The number of nitrogens with zero attached hydrogens (tertiary/aromatic N) is 1. The number of carbonyl (C=O) groups excluding carboxylic acids is 2. The second-order valence-electron chi connectivity index (χ2n) is 4.35. The third-order valence-corrected chi connectivity index (χ3v) is 3.81. The monoisotopic (exact) mass is 346 g/mol. The molecule has 4 nitrogen and oxygen atoms in total. The number of halogens is 5. The van der Waals surface area contributed by atoms with Crippen LogP contribution in [0.3, 0.4) is 0 Å². The topological polar surface area (TPSA) is 62.8 Å². The second-order valence-corrected chi connectivity index (χ2v) is 5.11. The first-order chi connectivity index (χ1) is 10.3. The Morgan fingerprint density at radius 2 is 1.50 bits per heavy atom. The van der Waals surface area contributed by atoms with Crippen LogP contribution >= 0.6 is 23.2 Å². The van der Waals surface area contributed by atoms with Crippen molar-refractivity contribution in [1.82, 2.24) is 9.97 Å². The Hall–Kier alpha value is -2.12. The molecule has 9 heteroatoms. The third-order valence-electron chi connectivity index (χ3n) is 2.99. The summed E-state index contributed by atoms with van der Waals surface area (Å²) in [7, 11) is 0. The van der Waals surface area contributed by atoms with E-state index in [1.54, 1.807) is 0 Å². The molecule has 0 aliphatic heterocycles. The van der Waals surface area contributed by atoms with Gasteiger partial charge in [-0.05, 0) is 12.1 Å². The third kappa shape index (κ3) is 2.05. The van der Waals surface area contributed by atoms with Crippen molar-refractivity contribution in [3.8, 4) is 11.4 Å². The molecule has 0 bridgehead atoms. The molecule has 0 saturated carbocycles. The molecule has 0 amide bonds. The number of ketones is 2. The van der Waals surface area contributed by atoms with Crippen LogP contribution < -0.4 is 0 Å². The number of benzene rings is 1. The second kappa shape index (κ2) is 4.96. The molecule has 1 aromatic heterocycles. The number of aromatic amines is 1. The Morgan fingerprint density at radius 3 is 2.09 bits per heavy atom. The molecule has 1 N–H and O–H groups in total. The molecular weight excluding hydrogens is 344 g/mol. The van der Waals surface area contributed by atoms with E-state index < -0.39 is 39.1 Å². The largest absolute Gasteiger partial charge is 0.335 e. The number of rotatable bonds is 1. The fourth-order valence-corrected chi connectivity index (χ4v) is 2.30. The Kier molecular flexibility index (Phi) is 3.34. The van der Waals surface area contributed by atoms with E-state index in [9.17, 15) is 22.8 Å². The normalized spacial score (nSPS) is 14.6. The van der Waals surface area contributed by atoms with Crippen LogP contribution in [-0.4, -0.2) is 21.5 Å². The van der Waals surface area contributed by atoms with Crippen LogP contribution in [0.2, 0.25) is 0 Å². The Bertz CT molecular complexity index is 825. The van der Waals surface area contributed by atoms with Gasteiger partial charge < -0.3 is 4.98 Å². The van der Waals surface area contributed by atoms with Gasteiger partial charge in [0.15, 0.2) is 17.5 Å². The molecule has 1 aliphatic carbocycles. The van der Waals surface area contributed by atoms with Crippen LogP contribution in [0, 0.1) is 17.5 Å². The van der Waals surface area contributed by atoms with Crippen molar-refractivity contribution in [3.05, 3.63) is 51.0 Å². The van der Waals surface area contributed by atoms with Gasteiger partial charge in [0, 0.05) is 5.56 Å². The minimum atomic E-state index is -1.64. The van der Waals surface area contributed by atoms with Gasteiger partial charge in [-0.15, -0.1) is 0 Å². The number of hydrogen-bond acceptors (Lipinski definition) is 3. The lowest BCUT2D eigenvalue weighted by molar-refractivity contribution is 0.0982. The van der Waals surface area contributed by atoms with E-state index in [1.165, 1.54) is 0 Å². The summed E-state index contributed by atoms with van der Waals surface area (Å²) in [6.07, 6.45) is 0. The van der Waals surface area contributed by atoms with Gasteiger partial charge in [-0.25, -0.2) is 18.2 Å². The first-order valence-corrected chi connectivity index (χ1v) is 6.46. The highest BCUT2D eigenvalue weighted by Gasteiger charge is 2.34. The maximum absolute atomic E-state index is 13.2. The molecule has 22 heavy (non-hydrogen) atoms. The van der Waals surface area contributed by atoms with Gasteiger partial charge in [-0.2, -0.15) is 0 Å². The van der Waals surface area contributed by atoms with Crippen molar-refractivity contribution in [1.29, 1.82) is 0 Å². The van der Waals surface area contributed by atoms with E-state index >= 15 is 0 Å². The van der Waals surface area contributed by atoms with Crippen LogP contribution in [0.5, 0.6) is 0 Å². The zero-order valence-corrected chi connectivity index (χ0v) is 11.8. The van der Waals surface area contributed by atoms with Crippen LogP contribution in [0.15, 0.2) is 22.2 Å². The number of allylic oxidation sites excluding steroid dienone is 2. The quantitative estimate of drug-likeness (QED) is 0.803. The van der Waals surface area contributed by atoms with E-state index in [4.69, 9.17) is 23.2 Å². The van der Waals surface area contributed by atoms with Gasteiger partial charge in [-0.1, -0.05) is 23.2 Å². The number of hydrogen-bond donors (Lipinski definition) is 1. The Morgan fingerprint density at radius 1 is 0.955 bits per heavy atom. The summed E-state index contributed by atoms with van der Waals surface area (Å²) in [5.74, 6) is -6.28. The number of carbonyl (C=O) groups is 2. The van der Waals surface area contributed by atoms with Crippen LogP contribution in [0.1, 0.15) is 21.0 Å². The van der Waals surface area contributed by atoms with E-state index in [-0.39, 0.29) is 22.8 Å². The molecule has 0 spiro atoms. The lowest BCUT2D eigenvalue weighted by Gasteiger charge is -2.07. The molecule has 0 radical (unpaired) electrons. The van der Waals surface area contributed by atoms with Gasteiger partial charge in [0.05, 0.1) is 0 Å². The predicted octanol–water partition coefficient (Wildman–Crippen LogP) is 3.56. The highest BCUT2D eigenvalue weighted by atomic mass is 35.5. The van der Waals surface area contributed by atoms with Gasteiger partial charge >= 0.3 is 0 Å². The summed E-state index contributed by atoms with van der Waals surface area (Å²) in [5.41, 5.74) is -0.752. The molecule has 2 aromatic rings. The van der Waals surface area contributed by atoms with Crippen molar-refractivity contribution in [2.24, 2.45) is 0 Å². The summed E-state index contributed by atoms with van der Waals surface area (Å²) in [5, 5.41) is -0.973. The molecular formula is C13H3Cl2F3N2O2. The summed E-state index contributed by atoms with van der Waals surface area (Å²) >= 11 is 11.2. The van der Waals surface area contributed by atoms with Gasteiger partial charge in [0.25, 0.3) is 0 Å². The maximum Gasteiger partial charge on any atom is 0.226 e. The summed E-state index contributed by atoms with van der Waals surface area (Å²) in [6, 6.07) is 1.35. The Labute approximate surface area is 130 Å². The minimum absolute atomic E-state index is 0.182. The number of H-pyrrole nitrogens is 1. The van der Waals surface area contributed by atoms with Crippen LogP contribution in [0.4, 0.5) is 13.2 Å². The Balaban J connectivity index is 2.17. The number of aromatic nitrogens is 2. The van der Waals surface area contributed by atoms with Crippen molar-refractivity contribution in [3.63, 3.8) is 0 Å². The molecule has 1 aromatic carbocycles. The first kappa shape index (κ1) is 14.8. The van der Waals surface area contributed by atoms with Crippen molar-refractivity contribution >= 4 is 34.8 Å². The first-order valence-electron chi connectivity index (χ1n) is 5.71. The zero-order chi connectivity index (χ0) is 16.2. The lowest BCUT2D eigenvalue weighted by atomic mass is 10.1. The van der Waals surface area contributed by atoms with Gasteiger partial charge in [-0.3, -0.25) is 9.59 Å². The highest BCUT2D eigenvalue weighted by molar-refractivity contribution is 6.59. The van der Waals surface area contributed by atoms with E-state index in [1.807, 2.05) is 0 Å². The molecule has 1 aliphatic rings. The lowest BCUT2D eigenvalue weighted by Crippen LogP contribution is -2.17. The molecule has 0 fully saturated rings. The molecule has 112 valence electrons. The van der Waals surface area contributed by atoms with E-state index in [0.29, 0.717) is 12.1 Å². The molecule has 3 rings (SSSR count). The predicted molar refractivity (Wildman–Crippen MR) is 71.3 cm³/mol. The van der Waals surface area contributed by atoms with Crippen molar-refractivity contribution in [2.45, 2.75) is 0 Å². The van der Waals surface area contributed by atoms with Gasteiger partial charge in [0.1, 0.15) is 27.3 Å². The molecule has 0 saturated heterocycles. The highest BCUT2D eigenvalue weighted by Crippen LogP contribution is 2.31. The number of nitrogens with one attached hydrogen (secondary N) is 1. The summed E-state index contributed by atoms with van der Waals surface area (Å²) in [6.45, 7) is 0.